The summed E-state index contributed by atoms with van der Waals surface area (Å²) in [5.41, 5.74) is 3.69. The molecule has 2 fully saturated rings. The van der Waals surface area contributed by atoms with E-state index < -0.39 is 17.7 Å². The molecule has 0 aromatic heterocycles. The second kappa shape index (κ2) is 9.00. The second-order valence-corrected chi connectivity index (χ2v) is 9.93. The molecule has 7 heteroatoms. The molecule has 3 aliphatic heterocycles. The Morgan fingerprint density at radius 2 is 1.59 bits per heavy atom. The van der Waals surface area contributed by atoms with Crippen molar-refractivity contribution in [2.75, 3.05) is 22.9 Å². The number of benzene rings is 3. The Hall–Kier alpha value is -4.26. The molecule has 0 aliphatic carbocycles. The van der Waals surface area contributed by atoms with Gasteiger partial charge in [0.15, 0.2) is 0 Å². The third-order valence-electron chi connectivity index (χ3n) is 7.42. The predicted octanol–water partition coefficient (Wildman–Crippen LogP) is 4.94. The van der Waals surface area contributed by atoms with Gasteiger partial charge in [0.25, 0.3) is 11.7 Å². The van der Waals surface area contributed by atoms with Gasteiger partial charge in [0.1, 0.15) is 23.4 Å². The number of aliphatic hydroxyl groups excluding tert-OH is 1. The van der Waals surface area contributed by atoms with Gasteiger partial charge in [0.2, 0.25) is 0 Å². The zero-order chi connectivity index (χ0) is 25.7. The smallest absolute Gasteiger partial charge is 0.300 e. The summed E-state index contributed by atoms with van der Waals surface area (Å²) in [7, 11) is 0. The Bertz CT molecular complexity index is 1400. The van der Waals surface area contributed by atoms with Gasteiger partial charge < -0.3 is 19.8 Å². The maximum atomic E-state index is 13.4. The molecular weight excluding hydrogens is 468 g/mol. The van der Waals surface area contributed by atoms with Gasteiger partial charge in [0, 0.05) is 36.4 Å². The number of amides is 1. The number of hydrogen-bond acceptors (Lipinski definition) is 6. The number of carbonyl (C=O) groups is 2. The van der Waals surface area contributed by atoms with Crippen LogP contribution < -0.4 is 14.5 Å². The first kappa shape index (κ1) is 23.2. The van der Waals surface area contributed by atoms with E-state index in [1.807, 2.05) is 37.3 Å². The molecule has 3 aromatic rings. The normalized spacial score (nSPS) is 22.4. The summed E-state index contributed by atoms with van der Waals surface area (Å²) in [5.74, 6) is -0.841. The fourth-order valence-electron chi connectivity index (χ4n) is 5.60. The Kier molecular flexibility index (Phi) is 5.63. The number of anilines is 2. The molecule has 2 saturated heterocycles. The number of fused-ring (bicyclic) bond motifs is 1. The van der Waals surface area contributed by atoms with Crippen molar-refractivity contribution >= 4 is 28.8 Å². The van der Waals surface area contributed by atoms with Gasteiger partial charge in [-0.25, -0.2) is 0 Å². The lowest BCUT2D eigenvalue weighted by Gasteiger charge is -2.26. The van der Waals surface area contributed by atoms with Crippen molar-refractivity contribution in [3.63, 3.8) is 0 Å². The summed E-state index contributed by atoms with van der Waals surface area (Å²) in [5, 5.41) is 21.3. The largest absolute Gasteiger partial charge is 0.508 e. The van der Waals surface area contributed by atoms with Crippen LogP contribution in [0, 0.1) is 0 Å². The number of aromatic hydroxyl groups is 1. The number of carbonyl (C=O) groups excluding carboxylic acids is 2. The van der Waals surface area contributed by atoms with E-state index >= 15 is 0 Å². The number of Topliss-reactive ketones (excluding diaryl/α,β-unsaturated/α-hetero) is 1. The van der Waals surface area contributed by atoms with E-state index in [4.69, 9.17) is 4.74 Å². The van der Waals surface area contributed by atoms with Crippen molar-refractivity contribution in [2.24, 2.45) is 0 Å². The maximum absolute atomic E-state index is 13.4. The van der Waals surface area contributed by atoms with E-state index in [-0.39, 0.29) is 23.2 Å². The third kappa shape index (κ3) is 4.00. The van der Waals surface area contributed by atoms with Crippen LogP contribution in [0.5, 0.6) is 11.5 Å². The van der Waals surface area contributed by atoms with E-state index in [1.165, 1.54) is 17.0 Å². The number of nitrogens with zero attached hydrogens (tertiary/aromatic N) is 2. The monoisotopic (exact) mass is 496 g/mol. The number of aliphatic hydroxyl groups is 1. The molecular formula is C30H28N2O5. The van der Waals surface area contributed by atoms with Crippen LogP contribution in [-0.2, 0) is 16.0 Å². The standard InChI is InChI=1S/C30H28N2O5/c1-18-16-21-17-20(6-13-25(21)37-18)28(34)26-27(19-4-11-24(33)12-5-19)32(30(36)29(26)35)23-9-7-22(8-10-23)31-14-2-3-15-31/h4-13,17-18,27,33-34H,2-3,14-16H2,1H3/b28-26-. The SMILES string of the molecule is CC1Cc2cc(/C(O)=C3/C(=O)C(=O)N(c4ccc(N5CCCC5)cc4)C3c3ccc(O)cc3)ccc2O1. The number of rotatable bonds is 4. The molecule has 7 nitrogen and oxygen atoms in total. The van der Waals surface area contributed by atoms with Crippen molar-refractivity contribution in [1.29, 1.82) is 0 Å². The van der Waals surface area contributed by atoms with Crippen LogP contribution in [0.15, 0.2) is 72.3 Å². The molecule has 0 spiro atoms. The lowest BCUT2D eigenvalue weighted by Crippen LogP contribution is -2.29. The average molecular weight is 497 g/mol. The molecule has 37 heavy (non-hydrogen) atoms. The Balaban J connectivity index is 1.45. The van der Waals surface area contributed by atoms with Crippen LogP contribution in [0.4, 0.5) is 11.4 Å². The molecule has 6 rings (SSSR count). The molecule has 3 aromatic carbocycles. The third-order valence-corrected chi connectivity index (χ3v) is 7.42. The minimum Gasteiger partial charge on any atom is -0.508 e. The van der Waals surface area contributed by atoms with Gasteiger partial charge in [-0.05, 0) is 85.5 Å². The van der Waals surface area contributed by atoms with Crippen LogP contribution in [0.2, 0.25) is 0 Å². The molecule has 0 bridgehead atoms. The molecule has 3 aliphatic rings. The first-order chi connectivity index (χ1) is 17.9. The highest BCUT2D eigenvalue weighted by molar-refractivity contribution is 6.51. The highest BCUT2D eigenvalue weighted by Crippen LogP contribution is 2.43. The summed E-state index contributed by atoms with van der Waals surface area (Å²) in [6, 6.07) is 18.5. The van der Waals surface area contributed by atoms with E-state index in [0.29, 0.717) is 23.2 Å². The Morgan fingerprint density at radius 3 is 2.30 bits per heavy atom. The van der Waals surface area contributed by atoms with Crippen LogP contribution in [-0.4, -0.2) is 41.1 Å². The van der Waals surface area contributed by atoms with Gasteiger partial charge in [0.05, 0.1) is 11.6 Å². The number of ketones is 1. The molecule has 2 unspecified atom stereocenters. The number of phenols is 1. The van der Waals surface area contributed by atoms with Gasteiger partial charge in [-0.2, -0.15) is 0 Å². The maximum Gasteiger partial charge on any atom is 0.300 e. The zero-order valence-corrected chi connectivity index (χ0v) is 20.6. The van der Waals surface area contributed by atoms with Gasteiger partial charge in [-0.3, -0.25) is 14.5 Å². The lowest BCUT2D eigenvalue weighted by molar-refractivity contribution is -0.132. The van der Waals surface area contributed by atoms with E-state index in [9.17, 15) is 19.8 Å². The Morgan fingerprint density at radius 1 is 0.919 bits per heavy atom. The minimum absolute atomic E-state index is 0.0197. The first-order valence-corrected chi connectivity index (χ1v) is 12.7. The highest BCUT2D eigenvalue weighted by Gasteiger charge is 2.47. The predicted molar refractivity (Wildman–Crippen MR) is 141 cm³/mol. The molecule has 0 radical (unpaired) electrons. The summed E-state index contributed by atoms with van der Waals surface area (Å²) >= 11 is 0. The summed E-state index contributed by atoms with van der Waals surface area (Å²) in [6.45, 7) is 3.98. The Labute approximate surface area is 215 Å². The van der Waals surface area contributed by atoms with E-state index in [0.717, 1.165) is 42.9 Å². The molecule has 1 amide bonds. The highest BCUT2D eigenvalue weighted by atomic mass is 16.5. The van der Waals surface area contributed by atoms with Crippen LogP contribution >= 0.6 is 0 Å². The van der Waals surface area contributed by atoms with E-state index in [1.54, 1.807) is 24.3 Å². The lowest BCUT2D eigenvalue weighted by atomic mass is 9.94. The molecule has 2 atom stereocenters. The summed E-state index contributed by atoms with van der Waals surface area (Å²) in [4.78, 5) is 30.6. The van der Waals surface area contributed by atoms with Crippen molar-refractivity contribution in [2.45, 2.75) is 38.3 Å². The topological polar surface area (TPSA) is 90.3 Å². The van der Waals surface area contributed by atoms with Gasteiger partial charge in [-0.1, -0.05) is 12.1 Å². The molecule has 3 heterocycles. The quantitative estimate of drug-likeness (QED) is 0.302. The second-order valence-electron chi connectivity index (χ2n) is 9.93. The average Bonchev–Trinajstić information content (AvgIpc) is 3.62. The number of hydrogen-bond donors (Lipinski definition) is 2. The number of phenolic OH excluding ortho intramolecular Hbond substituents is 1. The summed E-state index contributed by atoms with van der Waals surface area (Å²) < 4.78 is 5.77. The summed E-state index contributed by atoms with van der Waals surface area (Å²) in [6.07, 6.45) is 3.06. The van der Waals surface area contributed by atoms with Gasteiger partial charge >= 0.3 is 0 Å². The fraction of sp³-hybridized carbons (Fsp3) is 0.267. The van der Waals surface area contributed by atoms with Crippen molar-refractivity contribution < 1.29 is 24.5 Å². The fourth-order valence-corrected chi connectivity index (χ4v) is 5.60. The molecule has 0 saturated carbocycles. The number of ether oxygens (including phenoxy) is 1. The van der Waals surface area contributed by atoms with Crippen molar-refractivity contribution in [1.82, 2.24) is 0 Å². The minimum atomic E-state index is -0.846. The molecule has 188 valence electrons. The van der Waals surface area contributed by atoms with E-state index in [2.05, 4.69) is 4.90 Å². The van der Waals surface area contributed by atoms with Crippen molar-refractivity contribution in [3.05, 3.63) is 89.0 Å². The molecule has 2 N–H and O–H groups in total. The zero-order valence-electron chi connectivity index (χ0n) is 20.6. The van der Waals surface area contributed by atoms with Crippen LogP contribution in [0.1, 0.15) is 42.5 Å². The van der Waals surface area contributed by atoms with Crippen LogP contribution in [0.3, 0.4) is 0 Å². The van der Waals surface area contributed by atoms with Crippen molar-refractivity contribution in [3.8, 4) is 11.5 Å². The van der Waals surface area contributed by atoms with Crippen LogP contribution in [0.25, 0.3) is 5.76 Å². The first-order valence-electron chi connectivity index (χ1n) is 12.7. The van der Waals surface area contributed by atoms with Gasteiger partial charge in [-0.15, -0.1) is 0 Å².